The van der Waals surface area contributed by atoms with E-state index in [4.69, 9.17) is 0 Å². The summed E-state index contributed by atoms with van der Waals surface area (Å²) in [6.45, 7) is 8.01. The van der Waals surface area contributed by atoms with Gasteiger partial charge in [0.25, 0.3) is 0 Å². The third-order valence-electron chi connectivity index (χ3n) is 6.54. The Morgan fingerprint density at radius 3 is 2.83 bits per heavy atom. The van der Waals surface area contributed by atoms with Gasteiger partial charge in [-0.25, -0.2) is 0 Å². The van der Waals surface area contributed by atoms with Crippen LogP contribution in [0.15, 0.2) is 24.3 Å². The molecule has 4 atom stereocenters. The molecular formula is C21H34N2. The summed E-state index contributed by atoms with van der Waals surface area (Å²) >= 11 is 0. The lowest BCUT2D eigenvalue weighted by Crippen LogP contribution is -2.65. The lowest BCUT2D eigenvalue weighted by Gasteiger charge is -2.57. The van der Waals surface area contributed by atoms with Gasteiger partial charge in [0.1, 0.15) is 0 Å². The third-order valence-corrected chi connectivity index (χ3v) is 6.54. The molecule has 2 fully saturated rings. The summed E-state index contributed by atoms with van der Waals surface area (Å²) in [6.07, 6.45) is 8.00. The summed E-state index contributed by atoms with van der Waals surface area (Å²) in [5, 5.41) is 3.82. The highest BCUT2D eigenvalue weighted by atomic mass is 15.3. The molecule has 1 aromatic carbocycles. The van der Waals surface area contributed by atoms with E-state index in [9.17, 15) is 0 Å². The van der Waals surface area contributed by atoms with E-state index in [0.29, 0.717) is 6.04 Å². The number of benzene rings is 1. The minimum Gasteiger partial charge on any atom is -0.301 e. The van der Waals surface area contributed by atoms with E-state index < -0.39 is 0 Å². The smallest absolute Gasteiger partial charge is 0.0540 e. The van der Waals surface area contributed by atoms with Crippen molar-refractivity contribution in [3.05, 3.63) is 35.4 Å². The van der Waals surface area contributed by atoms with Crippen LogP contribution in [0, 0.1) is 18.8 Å². The van der Waals surface area contributed by atoms with E-state index in [-0.39, 0.29) is 5.54 Å². The van der Waals surface area contributed by atoms with Gasteiger partial charge in [-0.2, -0.15) is 0 Å². The topological polar surface area (TPSA) is 15.3 Å². The van der Waals surface area contributed by atoms with Crippen molar-refractivity contribution in [3.8, 4) is 0 Å². The van der Waals surface area contributed by atoms with Crippen molar-refractivity contribution in [2.75, 3.05) is 13.7 Å². The van der Waals surface area contributed by atoms with Crippen LogP contribution in [0.2, 0.25) is 0 Å². The van der Waals surface area contributed by atoms with E-state index in [1.54, 1.807) is 5.56 Å². The van der Waals surface area contributed by atoms with Crippen LogP contribution in [0.5, 0.6) is 0 Å². The van der Waals surface area contributed by atoms with Crippen molar-refractivity contribution in [1.29, 1.82) is 0 Å². The number of hydrogen-bond donors (Lipinski definition) is 1. The summed E-state index contributed by atoms with van der Waals surface area (Å²) in [7, 11) is 2.35. The Bertz CT molecular complexity index is 526. The monoisotopic (exact) mass is 314 g/mol. The summed E-state index contributed by atoms with van der Waals surface area (Å²) in [5.74, 6) is 1.49. The van der Waals surface area contributed by atoms with Crippen LogP contribution in [-0.4, -0.2) is 24.7 Å². The van der Waals surface area contributed by atoms with Crippen LogP contribution in [0.1, 0.15) is 63.5 Å². The first kappa shape index (κ1) is 17.0. The molecule has 2 aliphatic rings. The molecular weight excluding hydrogens is 280 g/mol. The highest BCUT2D eigenvalue weighted by molar-refractivity contribution is 5.33. The van der Waals surface area contributed by atoms with Crippen molar-refractivity contribution in [2.24, 2.45) is 11.8 Å². The number of rotatable bonds is 5. The molecule has 1 aromatic rings. The Kier molecular flexibility index (Phi) is 5.13. The normalized spacial score (nSPS) is 32.7. The molecule has 1 N–H and O–H groups in total. The fourth-order valence-corrected chi connectivity index (χ4v) is 5.66. The van der Waals surface area contributed by atoms with E-state index in [2.05, 4.69) is 62.3 Å². The fourth-order valence-electron chi connectivity index (χ4n) is 5.66. The minimum atomic E-state index is 0.212. The molecule has 0 aromatic heterocycles. The molecule has 4 unspecified atom stereocenters. The maximum atomic E-state index is 3.82. The first-order valence-corrected chi connectivity index (χ1v) is 9.66. The van der Waals surface area contributed by atoms with Crippen molar-refractivity contribution in [1.82, 2.24) is 10.2 Å². The molecule has 0 spiro atoms. The molecule has 1 aliphatic heterocycles. The van der Waals surface area contributed by atoms with Crippen LogP contribution in [-0.2, 0) is 5.54 Å². The molecule has 2 heteroatoms. The number of fused-ring (bicyclic) bond motifs is 1. The fraction of sp³-hybridized carbons (Fsp3) is 0.714. The van der Waals surface area contributed by atoms with E-state index in [1.807, 2.05) is 0 Å². The second kappa shape index (κ2) is 6.94. The molecule has 0 bridgehead atoms. The van der Waals surface area contributed by atoms with Crippen molar-refractivity contribution in [3.63, 3.8) is 0 Å². The van der Waals surface area contributed by atoms with E-state index in [0.717, 1.165) is 18.5 Å². The number of hydrogen-bond acceptors (Lipinski definition) is 2. The molecule has 1 aliphatic carbocycles. The van der Waals surface area contributed by atoms with Gasteiger partial charge in [0, 0.05) is 12.7 Å². The molecule has 1 saturated carbocycles. The summed E-state index contributed by atoms with van der Waals surface area (Å²) < 4.78 is 0. The SMILES string of the molecule is CCCC(CC)C1(c2cccc(C)c2)C2CCCC2NCN1C. The van der Waals surface area contributed by atoms with Crippen LogP contribution < -0.4 is 5.32 Å². The van der Waals surface area contributed by atoms with Crippen molar-refractivity contribution in [2.45, 2.75) is 70.9 Å². The first-order chi connectivity index (χ1) is 11.1. The van der Waals surface area contributed by atoms with Crippen molar-refractivity contribution >= 4 is 0 Å². The predicted molar refractivity (Wildman–Crippen MR) is 98.4 cm³/mol. The third kappa shape index (κ3) is 2.74. The minimum absolute atomic E-state index is 0.212. The zero-order chi connectivity index (χ0) is 16.4. The van der Waals surface area contributed by atoms with Crippen LogP contribution in [0.4, 0.5) is 0 Å². The highest BCUT2D eigenvalue weighted by Gasteiger charge is 2.54. The summed E-state index contributed by atoms with van der Waals surface area (Å²) in [6, 6.07) is 10.1. The van der Waals surface area contributed by atoms with Gasteiger partial charge in [-0.15, -0.1) is 0 Å². The van der Waals surface area contributed by atoms with Gasteiger partial charge >= 0.3 is 0 Å². The van der Waals surface area contributed by atoms with Gasteiger partial charge in [0.15, 0.2) is 0 Å². The predicted octanol–water partition coefficient (Wildman–Crippen LogP) is 4.68. The van der Waals surface area contributed by atoms with Gasteiger partial charge in [0.2, 0.25) is 0 Å². The molecule has 2 nitrogen and oxygen atoms in total. The Morgan fingerprint density at radius 1 is 1.30 bits per heavy atom. The molecule has 3 rings (SSSR count). The maximum absolute atomic E-state index is 3.82. The Labute approximate surface area is 142 Å². The Balaban J connectivity index is 2.15. The largest absolute Gasteiger partial charge is 0.301 e. The number of nitrogens with zero attached hydrogens (tertiary/aromatic N) is 1. The van der Waals surface area contributed by atoms with Gasteiger partial charge in [-0.1, -0.05) is 62.9 Å². The molecule has 0 radical (unpaired) electrons. The number of nitrogens with one attached hydrogen (secondary N) is 1. The lowest BCUT2D eigenvalue weighted by atomic mass is 9.63. The Hall–Kier alpha value is -0.860. The molecule has 1 heterocycles. The molecule has 0 amide bonds. The molecule has 128 valence electrons. The molecule has 23 heavy (non-hydrogen) atoms. The van der Waals surface area contributed by atoms with Crippen LogP contribution in [0.25, 0.3) is 0 Å². The lowest BCUT2D eigenvalue weighted by molar-refractivity contribution is -0.0589. The van der Waals surface area contributed by atoms with Gasteiger partial charge in [0.05, 0.1) is 5.54 Å². The second-order valence-corrected chi connectivity index (χ2v) is 7.79. The summed E-state index contributed by atoms with van der Waals surface area (Å²) in [5.41, 5.74) is 3.18. The van der Waals surface area contributed by atoms with E-state index in [1.165, 1.54) is 44.1 Å². The van der Waals surface area contributed by atoms with Gasteiger partial charge < -0.3 is 5.32 Å². The van der Waals surface area contributed by atoms with E-state index >= 15 is 0 Å². The average Bonchev–Trinajstić information content (AvgIpc) is 3.02. The standard InChI is InChI=1S/C21H34N2/c1-5-9-17(6-2)21(18-11-7-10-16(3)14-18)19-12-8-13-20(19)22-15-23(21)4/h7,10-11,14,17,19-20,22H,5-6,8-9,12-13,15H2,1-4H3. The van der Waals surface area contributed by atoms with Gasteiger partial charge in [-0.3, -0.25) is 4.90 Å². The number of aryl methyl sites for hydroxylation is 1. The average molecular weight is 315 g/mol. The quantitative estimate of drug-likeness (QED) is 0.849. The van der Waals surface area contributed by atoms with Crippen LogP contribution in [0.3, 0.4) is 0 Å². The zero-order valence-corrected chi connectivity index (χ0v) is 15.4. The van der Waals surface area contributed by atoms with Gasteiger partial charge in [-0.05, 0) is 50.6 Å². The zero-order valence-electron chi connectivity index (χ0n) is 15.4. The Morgan fingerprint density at radius 2 is 2.13 bits per heavy atom. The maximum Gasteiger partial charge on any atom is 0.0540 e. The summed E-state index contributed by atoms with van der Waals surface area (Å²) in [4.78, 5) is 2.65. The van der Waals surface area contributed by atoms with Crippen LogP contribution >= 0.6 is 0 Å². The first-order valence-electron chi connectivity index (χ1n) is 9.66. The second-order valence-electron chi connectivity index (χ2n) is 7.79. The van der Waals surface area contributed by atoms with Crippen molar-refractivity contribution < 1.29 is 0 Å². The molecule has 1 saturated heterocycles. The highest BCUT2D eigenvalue weighted by Crippen LogP contribution is 2.52.